The maximum atomic E-state index is 6.32. The highest BCUT2D eigenvalue weighted by molar-refractivity contribution is 4.80. The Hall–Kier alpha value is -0.120. The maximum Gasteiger partial charge on any atom is 0.0196 e. The minimum Gasteiger partial charge on any atom is -0.326 e. The van der Waals surface area contributed by atoms with Gasteiger partial charge in [-0.25, -0.2) is 0 Å². The topological polar surface area (TPSA) is 41.3 Å². The molecule has 3 nitrogen and oxygen atoms in total. The highest BCUT2D eigenvalue weighted by Gasteiger charge is 2.22. The van der Waals surface area contributed by atoms with E-state index in [1.54, 1.807) is 0 Å². The summed E-state index contributed by atoms with van der Waals surface area (Å²) in [6.45, 7) is 5.75. The van der Waals surface area contributed by atoms with Gasteiger partial charge in [0.05, 0.1) is 0 Å². The first-order chi connectivity index (χ1) is 7.36. The molecule has 2 rings (SSSR count). The summed E-state index contributed by atoms with van der Waals surface area (Å²) >= 11 is 0. The van der Waals surface area contributed by atoms with E-state index in [1.807, 2.05) is 0 Å². The van der Waals surface area contributed by atoms with Crippen LogP contribution in [0.3, 0.4) is 0 Å². The average molecular weight is 211 g/mol. The van der Waals surface area contributed by atoms with Gasteiger partial charge in [0.25, 0.3) is 0 Å². The second kappa shape index (κ2) is 5.83. The minimum atomic E-state index is 0.420. The number of rotatable bonds is 3. The third kappa shape index (κ3) is 3.44. The van der Waals surface area contributed by atoms with Gasteiger partial charge in [-0.3, -0.25) is 4.90 Å². The highest BCUT2D eigenvalue weighted by atomic mass is 15.2. The van der Waals surface area contributed by atoms with Crippen LogP contribution in [0, 0.1) is 5.92 Å². The molecule has 1 aliphatic heterocycles. The lowest BCUT2D eigenvalue weighted by molar-refractivity contribution is 0.189. The van der Waals surface area contributed by atoms with Crippen LogP contribution in [-0.4, -0.2) is 43.7 Å². The molecule has 15 heavy (non-hydrogen) atoms. The smallest absolute Gasteiger partial charge is 0.0196 e. The fourth-order valence-corrected chi connectivity index (χ4v) is 2.90. The molecule has 0 aromatic carbocycles. The van der Waals surface area contributed by atoms with Crippen molar-refractivity contribution in [2.24, 2.45) is 11.7 Å². The van der Waals surface area contributed by atoms with Crippen molar-refractivity contribution >= 4 is 0 Å². The molecule has 3 N–H and O–H groups in total. The number of hydrogen-bond donors (Lipinski definition) is 2. The molecule has 2 aliphatic rings. The molecule has 1 saturated heterocycles. The lowest BCUT2D eigenvalue weighted by atomic mass is 9.84. The fourth-order valence-electron chi connectivity index (χ4n) is 2.90. The van der Waals surface area contributed by atoms with Crippen LogP contribution in [0.2, 0.25) is 0 Å². The van der Waals surface area contributed by atoms with Crippen LogP contribution in [0.4, 0.5) is 0 Å². The number of nitrogens with two attached hydrogens (primary N) is 1. The molecule has 1 aliphatic carbocycles. The van der Waals surface area contributed by atoms with E-state index in [-0.39, 0.29) is 0 Å². The standard InChI is InChI=1S/C12H25N3/c13-12(11-4-2-1-3-5-11)10-15-8-6-14-7-9-15/h11-12,14H,1-10,13H2. The SMILES string of the molecule is NC(CN1CCNCC1)C1CCCCC1. The normalized spacial score (nSPS) is 27.8. The summed E-state index contributed by atoms with van der Waals surface area (Å²) in [5.74, 6) is 0.800. The zero-order valence-electron chi connectivity index (χ0n) is 9.75. The van der Waals surface area contributed by atoms with Crippen LogP contribution in [0.5, 0.6) is 0 Å². The van der Waals surface area contributed by atoms with E-state index in [2.05, 4.69) is 10.2 Å². The summed E-state index contributed by atoms with van der Waals surface area (Å²) in [6.07, 6.45) is 6.97. The molecule has 0 amide bonds. The lowest BCUT2D eigenvalue weighted by Gasteiger charge is -2.34. The van der Waals surface area contributed by atoms with Crippen molar-refractivity contribution in [2.75, 3.05) is 32.7 Å². The molecule has 0 radical (unpaired) electrons. The van der Waals surface area contributed by atoms with Crippen molar-refractivity contribution in [2.45, 2.75) is 38.1 Å². The van der Waals surface area contributed by atoms with Gasteiger partial charge in [-0.1, -0.05) is 19.3 Å². The summed E-state index contributed by atoms with van der Waals surface area (Å²) in [7, 11) is 0. The van der Waals surface area contributed by atoms with E-state index in [0.29, 0.717) is 6.04 Å². The maximum absolute atomic E-state index is 6.32. The number of nitrogens with zero attached hydrogens (tertiary/aromatic N) is 1. The molecule has 2 fully saturated rings. The Morgan fingerprint density at radius 3 is 2.47 bits per heavy atom. The largest absolute Gasteiger partial charge is 0.326 e. The van der Waals surface area contributed by atoms with Gasteiger partial charge in [-0.05, 0) is 18.8 Å². The van der Waals surface area contributed by atoms with Crippen molar-refractivity contribution in [3.05, 3.63) is 0 Å². The first kappa shape index (κ1) is 11.4. The molecule has 0 spiro atoms. The Bertz CT molecular complexity index is 172. The molecule has 0 aromatic heterocycles. The van der Waals surface area contributed by atoms with Gasteiger partial charge < -0.3 is 11.1 Å². The summed E-state index contributed by atoms with van der Waals surface area (Å²) < 4.78 is 0. The van der Waals surface area contributed by atoms with Crippen molar-refractivity contribution < 1.29 is 0 Å². The summed E-state index contributed by atoms with van der Waals surface area (Å²) in [5, 5.41) is 3.39. The first-order valence-electron chi connectivity index (χ1n) is 6.55. The van der Waals surface area contributed by atoms with Crippen molar-refractivity contribution in [3.63, 3.8) is 0 Å². The van der Waals surface area contributed by atoms with Crippen LogP contribution in [0.1, 0.15) is 32.1 Å². The quantitative estimate of drug-likeness (QED) is 0.725. The van der Waals surface area contributed by atoms with Crippen LogP contribution < -0.4 is 11.1 Å². The Labute approximate surface area is 93.4 Å². The minimum absolute atomic E-state index is 0.420. The predicted molar refractivity (Wildman–Crippen MR) is 63.9 cm³/mol. The average Bonchev–Trinajstić information content (AvgIpc) is 2.31. The van der Waals surface area contributed by atoms with Gasteiger partial charge in [0.15, 0.2) is 0 Å². The fraction of sp³-hybridized carbons (Fsp3) is 1.00. The third-order valence-electron chi connectivity index (χ3n) is 3.93. The molecule has 3 heteroatoms. The second-order valence-electron chi connectivity index (χ2n) is 5.11. The number of piperazine rings is 1. The Balaban J connectivity index is 1.72. The van der Waals surface area contributed by atoms with E-state index in [0.717, 1.165) is 25.6 Å². The zero-order valence-corrected chi connectivity index (χ0v) is 9.75. The molecular weight excluding hydrogens is 186 g/mol. The van der Waals surface area contributed by atoms with E-state index in [1.165, 1.54) is 45.2 Å². The van der Waals surface area contributed by atoms with Gasteiger partial charge in [-0.2, -0.15) is 0 Å². The zero-order chi connectivity index (χ0) is 10.5. The molecular formula is C12H25N3. The number of nitrogens with one attached hydrogen (secondary N) is 1. The summed E-state index contributed by atoms with van der Waals surface area (Å²) in [5.41, 5.74) is 6.32. The molecule has 1 unspecified atom stereocenters. The van der Waals surface area contributed by atoms with Gasteiger partial charge >= 0.3 is 0 Å². The summed E-state index contributed by atoms with van der Waals surface area (Å²) in [6, 6.07) is 0.420. The van der Waals surface area contributed by atoms with E-state index in [4.69, 9.17) is 5.73 Å². The van der Waals surface area contributed by atoms with E-state index >= 15 is 0 Å². The van der Waals surface area contributed by atoms with Crippen molar-refractivity contribution in [1.29, 1.82) is 0 Å². The summed E-state index contributed by atoms with van der Waals surface area (Å²) in [4.78, 5) is 2.52. The van der Waals surface area contributed by atoms with Gasteiger partial charge in [0.2, 0.25) is 0 Å². The molecule has 88 valence electrons. The van der Waals surface area contributed by atoms with Crippen LogP contribution in [-0.2, 0) is 0 Å². The Morgan fingerprint density at radius 1 is 1.13 bits per heavy atom. The molecule has 0 aromatic rings. The number of hydrogen-bond acceptors (Lipinski definition) is 3. The lowest BCUT2D eigenvalue weighted by Crippen LogP contribution is -2.50. The molecule has 1 atom stereocenters. The highest BCUT2D eigenvalue weighted by Crippen LogP contribution is 2.25. The monoisotopic (exact) mass is 211 g/mol. The van der Waals surface area contributed by atoms with Crippen molar-refractivity contribution in [3.8, 4) is 0 Å². The first-order valence-corrected chi connectivity index (χ1v) is 6.55. The van der Waals surface area contributed by atoms with Crippen molar-refractivity contribution in [1.82, 2.24) is 10.2 Å². The van der Waals surface area contributed by atoms with Gasteiger partial charge in [-0.15, -0.1) is 0 Å². The Morgan fingerprint density at radius 2 is 1.80 bits per heavy atom. The third-order valence-corrected chi connectivity index (χ3v) is 3.93. The molecule has 1 saturated carbocycles. The Kier molecular flexibility index (Phi) is 4.42. The molecule has 0 bridgehead atoms. The van der Waals surface area contributed by atoms with Crippen LogP contribution in [0.25, 0.3) is 0 Å². The second-order valence-corrected chi connectivity index (χ2v) is 5.11. The van der Waals surface area contributed by atoms with Crippen LogP contribution in [0.15, 0.2) is 0 Å². The van der Waals surface area contributed by atoms with E-state index < -0.39 is 0 Å². The predicted octanol–water partition coefficient (Wildman–Crippen LogP) is 0.799. The van der Waals surface area contributed by atoms with Gasteiger partial charge in [0.1, 0.15) is 0 Å². The van der Waals surface area contributed by atoms with E-state index in [9.17, 15) is 0 Å². The molecule has 1 heterocycles. The van der Waals surface area contributed by atoms with Gasteiger partial charge in [0, 0.05) is 38.8 Å². The van der Waals surface area contributed by atoms with Crippen LogP contribution >= 0.6 is 0 Å².